The van der Waals surface area contributed by atoms with Crippen LogP contribution in [0.1, 0.15) is 38.3 Å². The molecule has 3 rings (SSSR count). The summed E-state index contributed by atoms with van der Waals surface area (Å²) >= 11 is 3.42. The van der Waals surface area contributed by atoms with Gasteiger partial charge in [0.05, 0.1) is 4.47 Å². The maximum Gasteiger partial charge on any atom is 0.129 e. The zero-order valence-electron chi connectivity index (χ0n) is 12.5. The van der Waals surface area contributed by atoms with E-state index in [-0.39, 0.29) is 16.8 Å². The Hall–Kier alpha value is -1.48. The molecule has 110 valence electrons. The smallest absolute Gasteiger partial charge is 0.129 e. The molecule has 0 spiro atoms. The van der Waals surface area contributed by atoms with Gasteiger partial charge < -0.3 is 9.84 Å². The van der Waals surface area contributed by atoms with E-state index in [4.69, 9.17) is 4.74 Å². The van der Waals surface area contributed by atoms with Gasteiger partial charge >= 0.3 is 0 Å². The van der Waals surface area contributed by atoms with Gasteiger partial charge in [0.2, 0.25) is 0 Å². The predicted octanol–water partition coefficient (Wildman–Crippen LogP) is 5.02. The van der Waals surface area contributed by atoms with Gasteiger partial charge in [-0.2, -0.15) is 0 Å². The Morgan fingerprint density at radius 3 is 2.52 bits per heavy atom. The molecule has 1 atom stereocenters. The summed E-state index contributed by atoms with van der Waals surface area (Å²) in [5, 5.41) is 9.75. The molecular formula is C18H19BrO2. The van der Waals surface area contributed by atoms with E-state index in [0.29, 0.717) is 0 Å². The van der Waals surface area contributed by atoms with Crippen LogP contribution in [0, 0.1) is 0 Å². The van der Waals surface area contributed by atoms with Crippen molar-refractivity contribution in [3.8, 4) is 11.5 Å². The highest BCUT2D eigenvalue weighted by molar-refractivity contribution is 9.10. The van der Waals surface area contributed by atoms with Gasteiger partial charge in [0, 0.05) is 17.4 Å². The lowest BCUT2D eigenvalue weighted by atomic mass is 9.68. The number of aromatic hydroxyl groups is 1. The zero-order chi connectivity index (χ0) is 15.3. The molecule has 1 N–H and O–H groups in total. The number of fused-ring (bicyclic) bond motifs is 1. The Morgan fingerprint density at radius 1 is 1.10 bits per heavy atom. The molecule has 1 heterocycles. The second-order valence-electron chi connectivity index (χ2n) is 6.53. The van der Waals surface area contributed by atoms with Crippen LogP contribution >= 0.6 is 15.9 Å². The number of rotatable bonds is 1. The lowest BCUT2D eigenvalue weighted by Crippen LogP contribution is -2.43. The molecule has 21 heavy (non-hydrogen) atoms. The fourth-order valence-corrected chi connectivity index (χ4v) is 3.78. The summed E-state index contributed by atoms with van der Waals surface area (Å²) in [5.74, 6) is 1.21. The first-order valence-corrected chi connectivity index (χ1v) is 7.89. The molecule has 3 heteroatoms. The van der Waals surface area contributed by atoms with Crippen LogP contribution in [0.5, 0.6) is 11.5 Å². The van der Waals surface area contributed by atoms with Crippen LogP contribution in [0.4, 0.5) is 0 Å². The highest BCUT2D eigenvalue weighted by Crippen LogP contribution is 2.49. The highest BCUT2D eigenvalue weighted by Gasteiger charge is 2.43. The van der Waals surface area contributed by atoms with E-state index in [0.717, 1.165) is 16.6 Å². The predicted molar refractivity (Wildman–Crippen MR) is 88.0 cm³/mol. The zero-order valence-corrected chi connectivity index (χ0v) is 14.1. The highest BCUT2D eigenvalue weighted by atomic mass is 79.9. The van der Waals surface area contributed by atoms with Crippen LogP contribution in [0.3, 0.4) is 0 Å². The second kappa shape index (κ2) is 4.77. The first kappa shape index (κ1) is 14.5. The van der Waals surface area contributed by atoms with Crippen molar-refractivity contribution in [3.63, 3.8) is 0 Å². The van der Waals surface area contributed by atoms with E-state index < -0.39 is 0 Å². The van der Waals surface area contributed by atoms with Crippen molar-refractivity contribution in [2.24, 2.45) is 0 Å². The first-order valence-electron chi connectivity index (χ1n) is 7.09. The Morgan fingerprint density at radius 2 is 1.81 bits per heavy atom. The SMILES string of the molecule is CC1(C)CC(C)(c2ccc(O)c(Br)c2)c2ccccc2O1. The van der Waals surface area contributed by atoms with E-state index >= 15 is 0 Å². The molecule has 0 bridgehead atoms. The summed E-state index contributed by atoms with van der Waals surface area (Å²) in [4.78, 5) is 0. The maximum atomic E-state index is 9.75. The molecular weight excluding hydrogens is 328 g/mol. The summed E-state index contributed by atoms with van der Waals surface area (Å²) in [6.07, 6.45) is 0.883. The van der Waals surface area contributed by atoms with E-state index in [2.05, 4.69) is 42.8 Å². The van der Waals surface area contributed by atoms with Crippen LogP contribution in [0.2, 0.25) is 0 Å². The number of ether oxygens (including phenoxy) is 1. The molecule has 0 saturated carbocycles. The molecule has 0 aliphatic carbocycles. The number of hydrogen-bond acceptors (Lipinski definition) is 2. The molecule has 2 aromatic carbocycles. The average molecular weight is 347 g/mol. The third kappa shape index (κ3) is 2.44. The van der Waals surface area contributed by atoms with E-state index in [1.54, 1.807) is 6.07 Å². The number of phenolic OH excluding ortho intramolecular Hbond substituents is 1. The number of halogens is 1. The number of hydrogen-bond donors (Lipinski definition) is 1. The standard InChI is InChI=1S/C18H19BrO2/c1-17(2)11-18(3,12-8-9-15(20)14(19)10-12)13-6-4-5-7-16(13)21-17/h4-10,20H,11H2,1-3H3. The van der Waals surface area contributed by atoms with Gasteiger partial charge in [0.1, 0.15) is 17.1 Å². The van der Waals surface area contributed by atoms with Gasteiger partial charge in [-0.3, -0.25) is 0 Å². The number of para-hydroxylation sites is 1. The Kier molecular flexibility index (Phi) is 3.28. The molecule has 0 saturated heterocycles. The van der Waals surface area contributed by atoms with Gasteiger partial charge in [-0.25, -0.2) is 0 Å². The molecule has 1 unspecified atom stereocenters. The molecule has 2 nitrogen and oxygen atoms in total. The van der Waals surface area contributed by atoms with E-state index in [1.165, 1.54) is 11.1 Å². The lowest BCUT2D eigenvalue weighted by molar-refractivity contribution is 0.0583. The Balaban J connectivity index is 2.21. The van der Waals surface area contributed by atoms with Gasteiger partial charge in [0.15, 0.2) is 0 Å². The summed E-state index contributed by atoms with van der Waals surface area (Å²) in [5.41, 5.74) is 2.00. The summed E-state index contributed by atoms with van der Waals surface area (Å²) in [7, 11) is 0. The molecule has 2 aromatic rings. The van der Waals surface area contributed by atoms with Crippen LogP contribution < -0.4 is 4.74 Å². The van der Waals surface area contributed by atoms with Gasteiger partial charge in [-0.05, 0) is 53.5 Å². The minimum absolute atomic E-state index is 0.144. The second-order valence-corrected chi connectivity index (χ2v) is 7.39. The van der Waals surface area contributed by atoms with Gasteiger partial charge in [-0.15, -0.1) is 0 Å². The van der Waals surface area contributed by atoms with E-state index in [1.807, 2.05) is 30.3 Å². The summed E-state index contributed by atoms with van der Waals surface area (Å²) in [6, 6.07) is 14.0. The normalized spacial score (nSPS) is 23.2. The van der Waals surface area contributed by atoms with Crippen molar-refractivity contribution < 1.29 is 9.84 Å². The molecule has 0 fully saturated rings. The summed E-state index contributed by atoms with van der Waals surface area (Å²) in [6.45, 7) is 6.49. The van der Waals surface area contributed by atoms with Crippen molar-refractivity contribution in [3.05, 3.63) is 58.1 Å². The monoisotopic (exact) mass is 346 g/mol. The van der Waals surface area contributed by atoms with Crippen molar-refractivity contribution in [1.82, 2.24) is 0 Å². The topological polar surface area (TPSA) is 29.5 Å². The lowest BCUT2D eigenvalue weighted by Gasteiger charge is -2.44. The van der Waals surface area contributed by atoms with E-state index in [9.17, 15) is 5.11 Å². The van der Waals surface area contributed by atoms with Crippen LogP contribution in [0.25, 0.3) is 0 Å². The molecule has 0 amide bonds. The largest absolute Gasteiger partial charge is 0.507 e. The van der Waals surface area contributed by atoms with Crippen molar-refractivity contribution >= 4 is 15.9 Å². The summed E-state index contributed by atoms with van der Waals surface area (Å²) < 4.78 is 6.85. The Labute approximate surface area is 133 Å². The number of phenols is 1. The molecule has 1 aliphatic rings. The Bertz CT molecular complexity index is 693. The van der Waals surface area contributed by atoms with Crippen molar-refractivity contribution in [1.29, 1.82) is 0 Å². The van der Waals surface area contributed by atoms with Gasteiger partial charge in [-0.1, -0.05) is 31.2 Å². The maximum absolute atomic E-state index is 9.75. The number of benzene rings is 2. The molecule has 0 aromatic heterocycles. The van der Waals surface area contributed by atoms with Crippen LogP contribution in [0.15, 0.2) is 46.9 Å². The third-order valence-corrected chi connectivity index (χ3v) is 4.87. The molecule has 1 aliphatic heterocycles. The average Bonchev–Trinajstić information content (AvgIpc) is 2.40. The first-order chi connectivity index (χ1) is 9.82. The van der Waals surface area contributed by atoms with Crippen molar-refractivity contribution in [2.45, 2.75) is 38.2 Å². The molecule has 0 radical (unpaired) electrons. The fourth-order valence-electron chi connectivity index (χ4n) is 3.40. The van der Waals surface area contributed by atoms with Gasteiger partial charge in [0.25, 0.3) is 0 Å². The fraction of sp³-hybridized carbons (Fsp3) is 0.333. The quantitative estimate of drug-likeness (QED) is 0.785. The minimum Gasteiger partial charge on any atom is -0.507 e. The van der Waals surface area contributed by atoms with Crippen LogP contribution in [-0.4, -0.2) is 10.7 Å². The minimum atomic E-state index is -0.229. The third-order valence-electron chi connectivity index (χ3n) is 4.23. The van der Waals surface area contributed by atoms with Crippen LogP contribution in [-0.2, 0) is 5.41 Å². The van der Waals surface area contributed by atoms with Crippen molar-refractivity contribution in [2.75, 3.05) is 0 Å².